The second-order valence-electron chi connectivity index (χ2n) is 8.07. The first-order valence-electron chi connectivity index (χ1n) is 10.7. The first kappa shape index (κ1) is 22.5. The molecule has 0 bridgehead atoms. The number of thiazole rings is 1. The molecular weight excluding hydrogens is 436 g/mol. The van der Waals surface area contributed by atoms with Crippen LogP contribution in [0.2, 0.25) is 0 Å². The Bertz CT molecular complexity index is 1150. The van der Waals surface area contributed by atoms with Crippen molar-refractivity contribution >= 4 is 28.2 Å². The zero-order valence-electron chi connectivity index (χ0n) is 18.2. The van der Waals surface area contributed by atoms with Gasteiger partial charge < -0.3 is 21.7 Å². The number of anilines is 1. The molecule has 0 atom stereocenters. The van der Waals surface area contributed by atoms with E-state index in [4.69, 9.17) is 11.5 Å². The number of hydrogen-bond donors (Lipinski definition) is 3. The molecular formula is C24H26N6O2S. The molecule has 0 spiro atoms. The molecule has 1 aliphatic heterocycles. The molecule has 2 amide bonds. The monoisotopic (exact) mass is 462 g/mol. The van der Waals surface area contributed by atoms with E-state index < -0.39 is 5.91 Å². The molecule has 4 rings (SSSR count). The van der Waals surface area contributed by atoms with E-state index in [-0.39, 0.29) is 11.6 Å². The minimum Gasteiger partial charge on any atom is -0.386 e. The Morgan fingerprint density at radius 1 is 1.09 bits per heavy atom. The Morgan fingerprint density at radius 2 is 1.76 bits per heavy atom. The van der Waals surface area contributed by atoms with Crippen molar-refractivity contribution in [1.82, 2.24) is 14.9 Å². The predicted molar refractivity (Wildman–Crippen MR) is 130 cm³/mol. The molecule has 3 aromatic rings. The Labute approximate surface area is 196 Å². The Balaban J connectivity index is 1.41. The van der Waals surface area contributed by atoms with Gasteiger partial charge in [0.25, 0.3) is 11.8 Å². The second-order valence-corrected chi connectivity index (χ2v) is 9.07. The molecule has 3 heterocycles. The van der Waals surface area contributed by atoms with Crippen LogP contribution in [0.1, 0.15) is 39.3 Å². The van der Waals surface area contributed by atoms with E-state index in [1.807, 2.05) is 12.1 Å². The summed E-state index contributed by atoms with van der Waals surface area (Å²) in [6.07, 6.45) is 6.37. The molecule has 2 aromatic heterocycles. The average molecular weight is 463 g/mol. The van der Waals surface area contributed by atoms with Crippen molar-refractivity contribution in [2.45, 2.75) is 19.3 Å². The molecule has 1 aliphatic rings. The number of benzene rings is 1. The lowest BCUT2D eigenvalue weighted by Crippen LogP contribution is -2.36. The van der Waals surface area contributed by atoms with Crippen LogP contribution in [0, 0.1) is 5.92 Å². The Hall–Kier alpha value is -3.72. The smallest absolute Gasteiger partial charge is 0.270 e. The molecule has 9 heteroatoms. The topological polar surface area (TPSA) is 127 Å². The van der Waals surface area contributed by atoms with E-state index in [0.717, 1.165) is 37.9 Å². The number of primary amides is 1. The number of carbonyl (C=O) groups excluding carboxylic acids is 2. The van der Waals surface area contributed by atoms with Crippen molar-refractivity contribution in [2.24, 2.45) is 17.4 Å². The van der Waals surface area contributed by atoms with Crippen LogP contribution in [-0.4, -0.2) is 39.8 Å². The number of carbonyl (C=O) groups is 2. The van der Waals surface area contributed by atoms with Crippen LogP contribution in [0.15, 0.2) is 61.2 Å². The van der Waals surface area contributed by atoms with Gasteiger partial charge in [0.15, 0.2) is 5.69 Å². The van der Waals surface area contributed by atoms with Crippen LogP contribution in [0.4, 0.5) is 5.00 Å². The maximum Gasteiger partial charge on any atom is 0.270 e. The summed E-state index contributed by atoms with van der Waals surface area (Å²) in [5.74, 6) is 0.213. The van der Waals surface area contributed by atoms with Gasteiger partial charge in [0.2, 0.25) is 0 Å². The molecule has 8 nitrogen and oxygen atoms in total. The number of hydrogen-bond acceptors (Lipinski definition) is 7. The number of nitrogens with zero attached hydrogens (tertiary/aromatic N) is 3. The number of nitrogens with one attached hydrogen (secondary N) is 1. The standard InChI is InChI=1S/C24H26N6O2S/c1-15(25)30-12-8-17(9-13-30)14-16-2-4-18(5-3-16)22(32)29-24-20(21(26)31)28-23(33-24)19-6-10-27-11-7-19/h2-7,10-11,17H,1,8-9,12-14,25H2,(H2,26,31)(H,29,32). The first-order valence-corrected chi connectivity index (χ1v) is 11.5. The molecule has 33 heavy (non-hydrogen) atoms. The van der Waals surface area contributed by atoms with Gasteiger partial charge in [-0.15, -0.1) is 0 Å². The normalized spacial score (nSPS) is 14.1. The average Bonchev–Trinajstić information content (AvgIpc) is 3.24. The minimum atomic E-state index is -0.693. The summed E-state index contributed by atoms with van der Waals surface area (Å²) < 4.78 is 0. The summed E-state index contributed by atoms with van der Waals surface area (Å²) in [6.45, 7) is 5.67. The van der Waals surface area contributed by atoms with Crippen LogP contribution < -0.4 is 16.8 Å². The highest BCUT2D eigenvalue weighted by molar-refractivity contribution is 7.19. The third-order valence-corrected chi connectivity index (χ3v) is 6.80. The summed E-state index contributed by atoms with van der Waals surface area (Å²) in [6, 6.07) is 11.1. The van der Waals surface area contributed by atoms with Crippen molar-refractivity contribution in [1.29, 1.82) is 0 Å². The first-order chi connectivity index (χ1) is 15.9. The number of aromatic nitrogens is 2. The van der Waals surface area contributed by atoms with Crippen LogP contribution in [-0.2, 0) is 6.42 Å². The van der Waals surface area contributed by atoms with Gasteiger partial charge in [0.1, 0.15) is 10.0 Å². The molecule has 0 unspecified atom stereocenters. The van der Waals surface area contributed by atoms with Gasteiger partial charge in [0, 0.05) is 36.6 Å². The molecule has 0 aliphatic carbocycles. The molecule has 5 N–H and O–H groups in total. The van der Waals surface area contributed by atoms with Crippen LogP contribution >= 0.6 is 11.3 Å². The zero-order chi connectivity index (χ0) is 23.4. The fraction of sp³-hybridized carbons (Fsp3) is 0.250. The highest BCUT2D eigenvalue weighted by Crippen LogP contribution is 2.32. The highest BCUT2D eigenvalue weighted by atomic mass is 32.1. The van der Waals surface area contributed by atoms with E-state index in [9.17, 15) is 9.59 Å². The lowest BCUT2D eigenvalue weighted by atomic mass is 9.90. The third kappa shape index (κ3) is 5.38. The van der Waals surface area contributed by atoms with E-state index in [0.29, 0.717) is 27.3 Å². The van der Waals surface area contributed by atoms with Gasteiger partial charge in [-0.3, -0.25) is 14.6 Å². The maximum atomic E-state index is 12.8. The van der Waals surface area contributed by atoms with Gasteiger partial charge in [-0.2, -0.15) is 0 Å². The lowest BCUT2D eigenvalue weighted by molar-refractivity contribution is 0.0997. The largest absolute Gasteiger partial charge is 0.386 e. The van der Waals surface area contributed by atoms with Crippen molar-refractivity contribution in [2.75, 3.05) is 18.4 Å². The van der Waals surface area contributed by atoms with E-state index in [1.165, 1.54) is 16.9 Å². The number of likely N-dealkylation sites (tertiary alicyclic amines) is 1. The third-order valence-electron chi connectivity index (χ3n) is 5.78. The van der Waals surface area contributed by atoms with Crippen molar-refractivity contribution < 1.29 is 9.59 Å². The Kier molecular flexibility index (Phi) is 6.69. The predicted octanol–water partition coefficient (Wildman–Crippen LogP) is 3.24. The van der Waals surface area contributed by atoms with Crippen molar-refractivity contribution in [3.63, 3.8) is 0 Å². The summed E-state index contributed by atoms with van der Waals surface area (Å²) >= 11 is 1.20. The zero-order valence-corrected chi connectivity index (χ0v) is 19.0. The van der Waals surface area contributed by atoms with Gasteiger partial charge in [0.05, 0.1) is 5.82 Å². The van der Waals surface area contributed by atoms with E-state index in [2.05, 4.69) is 26.8 Å². The Morgan fingerprint density at radius 3 is 2.36 bits per heavy atom. The van der Waals surface area contributed by atoms with Gasteiger partial charge >= 0.3 is 0 Å². The van der Waals surface area contributed by atoms with Gasteiger partial charge in [-0.05, 0) is 55.0 Å². The van der Waals surface area contributed by atoms with E-state index >= 15 is 0 Å². The highest BCUT2D eigenvalue weighted by Gasteiger charge is 2.21. The van der Waals surface area contributed by atoms with E-state index in [1.54, 1.807) is 36.7 Å². The molecule has 1 saturated heterocycles. The summed E-state index contributed by atoms with van der Waals surface area (Å²) in [5, 5.41) is 3.70. The molecule has 1 fully saturated rings. The second kappa shape index (κ2) is 9.83. The van der Waals surface area contributed by atoms with Gasteiger partial charge in [-0.1, -0.05) is 30.0 Å². The quantitative estimate of drug-likeness (QED) is 0.495. The molecule has 170 valence electrons. The minimum absolute atomic E-state index is 0.0447. The van der Waals surface area contributed by atoms with Gasteiger partial charge in [-0.25, -0.2) is 4.98 Å². The summed E-state index contributed by atoms with van der Waals surface area (Å²) in [4.78, 5) is 35.1. The summed E-state index contributed by atoms with van der Waals surface area (Å²) in [5.41, 5.74) is 13.8. The fourth-order valence-corrected chi connectivity index (χ4v) is 4.89. The van der Waals surface area contributed by atoms with Crippen LogP contribution in [0.3, 0.4) is 0 Å². The van der Waals surface area contributed by atoms with Crippen molar-refractivity contribution in [3.8, 4) is 10.6 Å². The molecule has 0 radical (unpaired) electrons. The number of nitrogens with two attached hydrogens (primary N) is 2. The number of piperidine rings is 1. The number of amides is 2. The maximum absolute atomic E-state index is 12.8. The molecule has 0 saturated carbocycles. The van der Waals surface area contributed by atoms with Crippen molar-refractivity contribution in [3.05, 3.63) is 78.0 Å². The SMILES string of the molecule is C=C(N)N1CCC(Cc2ccc(C(=O)Nc3sc(-c4ccncc4)nc3C(N)=O)cc2)CC1. The summed E-state index contributed by atoms with van der Waals surface area (Å²) in [7, 11) is 0. The van der Waals surface area contributed by atoms with Crippen LogP contribution in [0.5, 0.6) is 0 Å². The lowest BCUT2D eigenvalue weighted by Gasteiger charge is -2.33. The molecule has 1 aromatic carbocycles. The number of pyridine rings is 1. The number of rotatable bonds is 7. The fourth-order valence-electron chi connectivity index (χ4n) is 3.91. The van der Waals surface area contributed by atoms with Crippen LogP contribution in [0.25, 0.3) is 10.6 Å².